The number of nitrogens with zero attached hydrogens (tertiary/aromatic N) is 2. The van der Waals surface area contributed by atoms with Crippen LogP contribution in [0.25, 0.3) is 11.3 Å². The van der Waals surface area contributed by atoms with Gasteiger partial charge in [-0.05, 0) is 38.0 Å². The van der Waals surface area contributed by atoms with E-state index in [1.165, 1.54) is 6.07 Å². The number of aromatic nitrogens is 2. The van der Waals surface area contributed by atoms with E-state index in [-0.39, 0.29) is 11.5 Å². The number of halogens is 2. The molecule has 1 N–H and O–H groups in total. The van der Waals surface area contributed by atoms with Gasteiger partial charge >= 0.3 is 0 Å². The molecule has 0 aliphatic carbocycles. The lowest BCUT2D eigenvalue weighted by Gasteiger charge is -2.32. The van der Waals surface area contributed by atoms with E-state index < -0.39 is 11.6 Å². The molecule has 0 unspecified atom stereocenters. The Kier molecular flexibility index (Phi) is 3.56. The van der Waals surface area contributed by atoms with Crippen molar-refractivity contribution in [3.8, 4) is 11.3 Å². The largest absolute Gasteiger partial charge is 0.328 e. The SMILES string of the molecule is CC(C)c1c(-c2ccc(F)c(F)c2)nc2n1CCNC2(C)C. The summed E-state index contributed by atoms with van der Waals surface area (Å²) in [5, 5.41) is 3.45. The van der Waals surface area contributed by atoms with Crippen molar-refractivity contribution in [2.45, 2.75) is 45.7 Å². The van der Waals surface area contributed by atoms with Gasteiger partial charge in [-0.25, -0.2) is 13.8 Å². The van der Waals surface area contributed by atoms with Crippen molar-refractivity contribution in [1.82, 2.24) is 14.9 Å². The zero-order valence-corrected chi connectivity index (χ0v) is 13.4. The Hall–Kier alpha value is -1.75. The molecule has 0 saturated heterocycles. The van der Waals surface area contributed by atoms with E-state index in [4.69, 9.17) is 4.98 Å². The zero-order chi connectivity index (χ0) is 16.1. The van der Waals surface area contributed by atoms with E-state index in [1.54, 1.807) is 6.07 Å². The van der Waals surface area contributed by atoms with Gasteiger partial charge in [0.2, 0.25) is 0 Å². The first-order valence-corrected chi connectivity index (χ1v) is 7.62. The van der Waals surface area contributed by atoms with Gasteiger partial charge in [-0.3, -0.25) is 0 Å². The molecule has 1 aromatic heterocycles. The van der Waals surface area contributed by atoms with Gasteiger partial charge in [0.1, 0.15) is 5.82 Å². The van der Waals surface area contributed by atoms with Crippen molar-refractivity contribution in [3.63, 3.8) is 0 Å². The molecule has 3 nitrogen and oxygen atoms in total. The highest BCUT2D eigenvalue weighted by Gasteiger charge is 2.33. The van der Waals surface area contributed by atoms with Crippen LogP contribution in [0.1, 0.15) is 45.1 Å². The Balaban J connectivity index is 2.23. The summed E-state index contributed by atoms with van der Waals surface area (Å²) in [6.07, 6.45) is 0. The van der Waals surface area contributed by atoms with Crippen LogP contribution in [0.15, 0.2) is 18.2 Å². The van der Waals surface area contributed by atoms with Crippen molar-refractivity contribution in [2.24, 2.45) is 0 Å². The first-order valence-electron chi connectivity index (χ1n) is 7.62. The summed E-state index contributed by atoms with van der Waals surface area (Å²) in [4.78, 5) is 4.78. The molecule has 0 spiro atoms. The van der Waals surface area contributed by atoms with Crippen LogP contribution in [0.4, 0.5) is 8.78 Å². The van der Waals surface area contributed by atoms with Gasteiger partial charge < -0.3 is 9.88 Å². The second-order valence-electron chi connectivity index (χ2n) is 6.66. The molecule has 1 aliphatic heterocycles. The van der Waals surface area contributed by atoms with Gasteiger partial charge in [0, 0.05) is 24.3 Å². The summed E-state index contributed by atoms with van der Waals surface area (Å²) in [5.41, 5.74) is 2.22. The molecule has 5 heteroatoms. The van der Waals surface area contributed by atoms with Gasteiger partial charge in [0.15, 0.2) is 11.6 Å². The van der Waals surface area contributed by atoms with Crippen LogP contribution in [0.3, 0.4) is 0 Å². The highest BCUT2D eigenvalue weighted by Crippen LogP contribution is 2.35. The minimum Gasteiger partial charge on any atom is -0.328 e. The Morgan fingerprint density at radius 1 is 1.23 bits per heavy atom. The third-order valence-corrected chi connectivity index (χ3v) is 4.21. The molecule has 0 fully saturated rings. The molecule has 0 radical (unpaired) electrons. The standard InChI is InChI=1S/C17H21F2N3/c1-10(2)15-14(11-5-6-12(18)13(19)9-11)21-16-17(3,4)20-7-8-22(15)16/h5-6,9-10,20H,7-8H2,1-4H3. The van der Waals surface area contributed by atoms with Crippen molar-refractivity contribution >= 4 is 0 Å². The highest BCUT2D eigenvalue weighted by atomic mass is 19.2. The van der Waals surface area contributed by atoms with Gasteiger partial charge in [0.25, 0.3) is 0 Å². The minimum atomic E-state index is -0.837. The maximum atomic E-state index is 13.6. The lowest BCUT2D eigenvalue weighted by atomic mass is 10.0. The zero-order valence-electron chi connectivity index (χ0n) is 13.4. The van der Waals surface area contributed by atoms with E-state index in [0.29, 0.717) is 5.56 Å². The van der Waals surface area contributed by atoms with Crippen molar-refractivity contribution < 1.29 is 8.78 Å². The average molecular weight is 305 g/mol. The molecule has 0 bridgehead atoms. The first kappa shape index (κ1) is 15.2. The van der Waals surface area contributed by atoms with Gasteiger partial charge in [-0.2, -0.15) is 0 Å². The Morgan fingerprint density at radius 3 is 2.59 bits per heavy atom. The quantitative estimate of drug-likeness (QED) is 0.915. The molecule has 3 rings (SSSR count). The van der Waals surface area contributed by atoms with Gasteiger partial charge in [0.05, 0.1) is 11.2 Å². The number of hydrogen-bond donors (Lipinski definition) is 1. The van der Waals surface area contributed by atoms with Crippen molar-refractivity contribution in [3.05, 3.63) is 41.4 Å². The number of benzene rings is 1. The highest BCUT2D eigenvalue weighted by molar-refractivity contribution is 5.63. The predicted octanol–water partition coefficient (Wildman–Crippen LogP) is 3.79. The first-order chi connectivity index (χ1) is 10.3. The summed E-state index contributed by atoms with van der Waals surface area (Å²) >= 11 is 0. The molecule has 0 amide bonds. The maximum absolute atomic E-state index is 13.6. The van der Waals surface area contributed by atoms with Crippen LogP contribution in [0.5, 0.6) is 0 Å². The molecular formula is C17H21F2N3. The van der Waals surface area contributed by atoms with Crippen LogP contribution in [-0.2, 0) is 12.1 Å². The lowest BCUT2D eigenvalue weighted by Crippen LogP contribution is -2.45. The summed E-state index contributed by atoms with van der Waals surface area (Å²) < 4.78 is 29.0. The van der Waals surface area contributed by atoms with Crippen LogP contribution < -0.4 is 5.32 Å². The molecule has 0 atom stereocenters. The monoisotopic (exact) mass is 305 g/mol. The van der Waals surface area contributed by atoms with E-state index in [1.807, 2.05) is 0 Å². The second kappa shape index (κ2) is 5.16. The summed E-state index contributed by atoms with van der Waals surface area (Å²) in [6, 6.07) is 3.99. The van der Waals surface area contributed by atoms with E-state index in [0.717, 1.165) is 36.4 Å². The fourth-order valence-electron chi connectivity index (χ4n) is 3.17. The predicted molar refractivity (Wildman–Crippen MR) is 82.7 cm³/mol. The Morgan fingerprint density at radius 2 is 1.95 bits per heavy atom. The fourth-order valence-corrected chi connectivity index (χ4v) is 3.17. The minimum absolute atomic E-state index is 0.237. The third-order valence-electron chi connectivity index (χ3n) is 4.21. The maximum Gasteiger partial charge on any atom is 0.159 e. The topological polar surface area (TPSA) is 29.9 Å². The van der Waals surface area contributed by atoms with Crippen molar-refractivity contribution in [1.29, 1.82) is 0 Å². The smallest absolute Gasteiger partial charge is 0.159 e. The van der Waals surface area contributed by atoms with E-state index >= 15 is 0 Å². The summed E-state index contributed by atoms with van der Waals surface area (Å²) in [7, 11) is 0. The summed E-state index contributed by atoms with van der Waals surface area (Å²) in [6.45, 7) is 10.1. The molecule has 22 heavy (non-hydrogen) atoms. The number of nitrogens with one attached hydrogen (secondary N) is 1. The number of fused-ring (bicyclic) bond motifs is 1. The van der Waals surface area contributed by atoms with E-state index in [9.17, 15) is 8.78 Å². The molecular weight excluding hydrogens is 284 g/mol. The second-order valence-corrected chi connectivity index (χ2v) is 6.66. The number of hydrogen-bond acceptors (Lipinski definition) is 2. The van der Waals surface area contributed by atoms with Crippen LogP contribution in [0, 0.1) is 11.6 Å². The fraction of sp³-hybridized carbons (Fsp3) is 0.471. The third kappa shape index (κ3) is 2.33. The molecule has 1 aromatic carbocycles. The van der Waals surface area contributed by atoms with Crippen LogP contribution in [-0.4, -0.2) is 16.1 Å². The molecule has 0 saturated carbocycles. The molecule has 2 aromatic rings. The normalized spacial score (nSPS) is 16.9. The summed E-state index contributed by atoms with van der Waals surface area (Å²) in [5.74, 6) is -0.475. The van der Waals surface area contributed by atoms with E-state index in [2.05, 4.69) is 37.6 Å². The van der Waals surface area contributed by atoms with Crippen LogP contribution >= 0.6 is 0 Å². The number of imidazole rings is 1. The lowest BCUT2D eigenvalue weighted by molar-refractivity contribution is 0.311. The number of rotatable bonds is 2. The Labute approximate surface area is 129 Å². The molecule has 1 aliphatic rings. The Bertz CT molecular complexity index is 717. The average Bonchev–Trinajstić information content (AvgIpc) is 2.82. The van der Waals surface area contributed by atoms with Crippen LogP contribution in [0.2, 0.25) is 0 Å². The molecule has 118 valence electrons. The van der Waals surface area contributed by atoms with Gasteiger partial charge in [-0.15, -0.1) is 0 Å². The van der Waals surface area contributed by atoms with Crippen molar-refractivity contribution in [2.75, 3.05) is 6.54 Å². The van der Waals surface area contributed by atoms with Gasteiger partial charge in [-0.1, -0.05) is 13.8 Å². The molecule has 2 heterocycles.